The summed E-state index contributed by atoms with van der Waals surface area (Å²) in [6.45, 7) is 2.02. The van der Waals surface area contributed by atoms with Crippen LogP contribution in [-0.4, -0.2) is 18.1 Å². The van der Waals surface area contributed by atoms with Gasteiger partial charge in [0.05, 0.1) is 10.7 Å². The van der Waals surface area contributed by atoms with E-state index in [4.69, 9.17) is 28.0 Å². The van der Waals surface area contributed by atoms with E-state index in [0.29, 0.717) is 16.5 Å². The van der Waals surface area contributed by atoms with Crippen molar-refractivity contribution in [1.29, 1.82) is 0 Å². The number of amides is 2. The van der Waals surface area contributed by atoms with E-state index < -0.39 is 6.03 Å². The minimum Gasteiger partial charge on any atom is -0.487 e. The molecule has 0 atom stereocenters. The Kier molecular flexibility index (Phi) is 6.56. The Morgan fingerprint density at radius 2 is 1.73 bits per heavy atom. The molecule has 0 aliphatic carbocycles. The minimum atomic E-state index is -0.571. The Labute approximate surface area is 179 Å². The van der Waals surface area contributed by atoms with Crippen molar-refractivity contribution in [3.05, 3.63) is 82.6 Å². The van der Waals surface area contributed by atoms with Crippen LogP contribution in [-0.2, 0) is 6.61 Å². The number of hydrazine groups is 2. The maximum absolute atomic E-state index is 13.2. The molecule has 0 fully saturated rings. The lowest BCUT2D eigenvalue weighted by molar-refractivity contribution is 0.216. The first kappa shape index (κ1) is 21.6. The SMILES string of the molecule is Cc1cccc(N(N)C(=O)N(C)N)c1COc1cc(-c2ccc(F)cc2)ccc1Cl. The molecule has 156 valence electrons. The van der Waals surface area contributed by atoms with E-state index in [9.17, 15) is 9.18 Å². The van der Waals surface area contributed by atoms with Gasteiger partial charge in [0.25, 0.3) is 0 Å². The predicted octanol–water partition coefficient (Wildman–Crippen LogP) is 4.64. The zero-order valence-corrected chi connectivity index (χ0v) is 17.4. The molecule has 0 bridgehead atoms. The molecule has 0 saturated carbocycles. The lowest BCUT2D eigenvalue weighted by Gasteiger charge is -2.24. The summed E-state index contributed by atoms with van der Waals surface area (Å²) in [6.07, 6.45) is 0. The number of aryl methyl sites for hydroxylation is 1. The summed E-state index contributed by atoms with van der Waals surface area (Å²) >= 11 is 6.31. The van der Waals surface area contributed by atoms with Crippen molar-refractivity contribution in [2.24, 2.45) is 11.7 Å². The number of carbonyl (C=O) groups excluding carboxylic acids is 1. The van der Waals surface area contributed by atoms with Crippen LogP contribution in [0.15, 0.2) is 60.7 Å². The van der Waals surface area contributed by atoms with E-state index in [1.807, 2.05) is 19.1 Å². The quantitative estimate of drug-likeness (QED) is 0.352. The third-order valence-electron chi connectivity index (χ3n) is 4.63. The van der Waals surface area contributed by atoms with E-state index in [-0.39, 0.29) is 12.4 Å². The molecular formula is C22H22ClFN4O2. The van der Waals surface area contributed by atoms with Crippen molar-refractivity contribution in [3.63, 3.8) is 0 Å². The second-order valence-corrected chi connectivity index (χ2v) is 7.18. The Morgan fingerprint density at radius 1 is 1.07 bits per heavy atom. The van der Waals surface area contributed by atoms with Crippen molar-refractivity contribution in [3.8, 4) is 16.9 Å². The molecule has 3 aromatic rings. The van der Waals surface area contributed by atoms with Crippen LogP contribution in [0, 0.1) is 12.7 Å². The van der Waals surface area contributed by atoms with Gasteiger partial charge in [-0.2, -0.15) is 0 Å². The van der Waals surface area contributed by atoms with Gasteiger partial charge in [-0.1, -0.05) is 41.9 Å². The van der Waals surface area contributed by atoms with Crippen LogP contribution in [0.25, 0.3) is 11.1 Å². The normalized spacial score (nSPS) is 10.6. The third kappa shape index (κ3) is 4.71. The van der Waals surface area contributed by atoms with Crippen LogP contribution in [0.1, 0.15) is 11.1 Å². The monoisotopic (exact) mass is 428 g/mol. The number of hydrogen-bond donors (Lipinski definition) is 2. The molecule has 3 rings (SSSR count). The molecule has 0 aromatic heterocycles. The van der Waals surface area contributed by atoms with Crippen LogP contribution in [0.5, 0.6) is 5.75 Å². The van der Waals surface area contributed by atoms with Gasteiger partial charge in [-0.05, 0) is 53.9 Å². The van der Waals surface area contributed by atoms with Gasteiger partial charge in [-0.25, -0.2) is 25.9 Å². The minimum absolute atomic E-state index is 0.129. The number of nitrogens with zero attached hydrogens (tertiary/aromatic N) is 2. The van der Waals surface area contributed by atoms with Crippen molar-refractivity contribution < 1.29 is 13.9 Å². The fraction of sp³-hybridized carbons (Fsp3) is 0.136. The standard InChI is InChI=1S/C22H22ClFN4O2/c1-14-4-3-5-20(28(26)22(29)27(2)25)18(14)13-30-21-12-16(8-11-19(21)23)15-6-9-17(24)10-7-15/h3-12H,13,25-26H2,1-2H3. The third-order valence-corrected chi connectivity index (χ3v) is 4.95. The van der Waals surface area contributed by atoms with Crippen molar-refractivity contribution in [1.82, 2.24) is 5.01 Å². The number of benzene rings is 3. The Hall–Kier alpha value is -3.13. The van der Waals surface area contributed by atoms with Gasteiger partial charge in [-0.3, -0.25) is 5.01 Å². The molecule has 8 heteroatoms. The largest absolute Gasteiger partial charge is 0.487 e. The highest BCUT2D eigenvalue weighted by molar-refractivity contribution is 6.32. The maximum atomic E-state index is 13.2. The van der Waals surface area contributed by atoms with E-state index >= 15 is 0 Å². The lowest BCUT2D eigenvalue weighted by atomic mass is 10.1. The average molecular weight is 429 g/mol. The molecule has 30 heavy (non-hydrogen) atoms. The molecule has 0 heterocycles. The first-order valence-electron chi connectivity index (χ1n) is 9.12. The summed E-state index contributed by atoms with van der Waals surface area (Å²) in [6, 6.07) is 16.3. The zero-order chi connectivity index (χ0) is 21.8. The molecule has 0 saturated heterocycles. The number of hydrogen-bond acceptors (Lipinski definition) is 4. The Balaban J connectivity index is 1.88. The summed E-state index contributed by atoms with van der Waals surface area (Å²) in [5.41, 5.74) is 3.75. The van der Waals surface area contributed by atoms with Crippen LogP contribution in [0.3, 0.4) is 0 Å². The fourth-order valence-electron chi connectivity index (χ4n) is 2.96. The van der Waals surface area contributed by atoms with Gasteiger partial charge >= 0.3 is 6.03 Å². The fourth-order valence-corrected chi connectivity index (χ4v) is 3.13. The van der Waals surface area contributed by atoms with E-state index in [1.54, 1.807) is 36.4 Å². The average Bonchev–Trinajstić information content (AvgIpc) is 2.73. The van der Waals surface area contributed by atoms with E-state index in [1.165, 1.54) is 19.2 Å². The van der Waals surface area contributed by atoms with Gasteiger partial charge in [0.1, 0.15) is 18.2 Å². The highest BCUT2D eigenvalue weighted by Gasteiger charge is 2.19. The van der Waals surface area contributed by atoms with Crippen LogP contribution in [0.4, 0.5) is 14.9 Å². The van der Waals surface area contributed by atoms with Gasteiger partial charge < -0.3 is 4.74 Å². The highest BCUT2D eigenvalue weighted by Crippen LogP contribution is 2.32. The number of ether oxygens (including phenoxy) is 1. The smallest absolute Gasteiger partial charge is 0.352 e. The molecule has 4 N–H and O–H groups in total. The summed E-state index contributed by atoms with van der Waals surface area (Å²) in [5, 5.41) is 2.30. The van der Waals surface area contributed by atoms with Crippen LogP contribution in [0.2, 0.25) is 5.02 Å². The van der Waals surface area contributed by atoms with Crippen LogP contribution >= 0.6 is 11.6 Å². The first-order valence-corrected chi connectivity index (χ1v) is 9.49. The maximum Gasteiger partial charge on any atom is 0.352 e. The Bertz CT molecular complexity index is 1060. The second-order valence-electron chi connectivity index (χ2n) is 6.78. The van der Waals surface area contributed by atoms with Gasteiger partial charge in [-0.15, -0.1) is 0 Å². The molecule has 0 unspecified atom stereocenters. The number of rotatable bonds is 5. The number of nitrogens with two attached hydrogens (primary N) is 2. The lowest BCUT2D eigenvalue weighted by Crippen LogP contribution is -2.49. The van der Waals surface area contributed by atoms with Gasteiger partial charge in [0.15, 0.2) is 0 Å². The van der Waals surface area contributed by atoms with Crippen molar-refractivity contribution in [2.75, 3.05) is 12.1 Å². The molecule has 0 aliphatic heterocycles. The molecule has 3 aromatic carbocycles. The molecule has 0 radical (unpaired) electrons. The van der Waals surface area contributed by atoms with Crippen molar-refractivity contribution >= 4 is 23.3 Å². The highest BCUT2D eigenvalue weighted by atomic mass is 35.5. The molecule has 0 spiro atoms. The second kappa shape index (κ2) is 9.13. The van der Waals surface area contributed by atoms with Gasteiger partial charge in [0, 0.05) is 12.6 Å². The topological polar surface area (TPSA) is 84.8 Å². The molecule has 6 nitrogen and oxygen atoms in total. The summed E-state index contributed by atoms with van der Waals surface area (Å²) < 4.78 is 19.2. The van der Waals surface area contributed by atoms with Crippen molar-refractivity contribution in [2.45, 2.75) is 13.5 Å². The molecule has 0 aliphatic rings. The van der Waals surface area contributed by atoms with E-state index in [0.717, 1.165) is 32.3 Å². The number of urea groups is 1. The summed E-state index contributed by atoms with van der Waals surface area (Å²) in [4.78, 5) is 12.2. The number of carbonyl (C=O) groups is 1. The molecule has 2 amide bonds. The summed E-state index contributed by atoms with van der Waals surface area (Å²) in [7, 11) is 1.41. The molecular weight excluding hydrogens is 407 g/mol. The summed E-state index contributed by atoms with van der Waals surface area (Å²) in [5.74, 6) is 11.6. The first-order chi connectivity index (χ1) is 14.3. The predicted molar refractivity (Wildman–Crippen MR) is 116 cm³/mol. The zero-order valence-electron chi connectivity index (χ0n) is 16.6. The Morgan fingerprint density at radius 3 is 2.40 bits per heavy atom. The van der Waals surface area contributed by atoms with Gasteiger partial charge in [0.2, 0.25) is 0 Å². The number of anilines is 1. The van der Waals surface area contributed by atoms with E-state index in [2.05, 4.69) is 0 Å². The van der Waals surface area contributed by atoms with Crippen LogP contribution < -0.4 is 21.4 Å². The number of halogens is 2.